The molecule has 0 aliphatic heterocycles. The second-order valence-electron chi connectivity index (χ2n) is 5.13. The molecule has 0 aliphatic carbocycles. The highest BCUT2D eigenvalue weighted by atomic mass is 35.5. The first-order valence-corrected chi connectivity index (χ1v) is 8.17. The Bertz CT molecular complexity index is 609. The molecule has 0 unspecified atom stereocenters. The molecule has 2 N–H and O–H groups in total. The van der Waals surface area contributed by atoms with Crippen LogP contribution in [0.1, 0.15) is 37.2 Å². The lowest BCUT2D eigenvalue weighted by molar-refractivity contribution is 0.646. The molecule has 0 saturated heterocycles. The molecular formula is C16H21ClN4S. The van der Waals surface area contributed by atoms with Crippen molar-refractivity contribution in [2.75, 3.05) is 6.54 Å². The zero-order valence-electron chi connectivity index (χ0n) is 12.8. The molecule has 6 heteroatoms. The number of nitrogens with zero attached hydrogens (tertiary/aromatic N) is 2. The monoisotopic (exact) mass is 336 g/mol. The Kier molecular flexibility index (Phi) is 6.21. The van der Waals surface area contributed by atoms with Gasteiger partial charge in [0, 0.05) is 31.0 Å². The summed E-state index contributed by atoms with van der Waals surface area (Å²) < 4.78 is 1.99. The van der Waals surface area contributed by atoms with Gasteiger partial charge in [0.05, 0.1) is 0 Å². The summed E-state index contributed by atoms with van der Waals surface area (Å²) in [6, 6.07) is 7.62. The normalized spacial score (nSPS) is 12.0. The fraction of sp³-hybridized carbons (Fsp3) is 0.375. The van der Waals surface area contributed by atoms with Gasteiger partial charge < -0.3 is 15.2 Å². The maximum absolute atomic E-state index is 5.98. The summed E-state index contributed by atoms with van der Waals surface area (Å²) in [5.74, 6) is 0.905. The zero-order valence-corrected chi connectivity index (χ0v) is 14.4. The van der Waals surface area contributed by atoms with E-state index in [1.54, 1.807) is 6.20 Å². The van der Waals surface area contributed by atoms with E-state index in [-0.39, 0.29) is 6.04 Å². The van der Waals surface area contributed by atoms with E-state index in [0.717, 1.165) is 30.8 Å². The molecule has 0 fully saturated rings. The number of unbranched alkanes of at least 4 members (excludes halogenated alkanes) is 1. The second-order valence-corrected chi connectivity index (χ2v) is 5.98. The summed E-state index contributed by atoms with van der Waals surface area (Å²) in [5, 5.41) is 7.93. The van der Waals surface area contributed by atoms with E-state index in [1.165, 1.54) is 0 Å². The summed E-state index contributed by atoms with van der Waals surface area (Å²) in [5.41, 5.74) is 1.07. The van der Waals surface area contributed by atoms with Gasteiger partial charge in [0.25, 0.3) is 0 Å². The lowest BCUT2D eigenvalue weighted by atomic mass is 10.1. The highest BCUT2D eigenvalue weighted by Crippen LogP contribution is 2.22. The number of rotatable bonds is 6. The summed E-state index contributed by atoms with van der Waals surface area (Å²) in [4.78, 5) is 4.44. The lowest BCUT2D eigenvalue weighted by Crippen LogP contribution is -2.39. The van der Waals surface area contributed by atoms with Gasteiger partial charge in [-0.1, -0.05) is 37.1 Å². The smallest absolute Gasteiger partial charge is 0.167 e. The van der Waals surface area contributed by atoms with E-state index in [9.17, 15) is 0 Å². The largest absolute Gasteiger partial charge is 0.363 e. The van der Waals surface area contributed by atoms with Gasteiger partial charge in [-0.25, -0.2) is 4.98 Å². The molecule has 0 spiro atoms. The Morgan fingerprint density at radius 3 is 2.68 bits per heavy atom. The van der Waals surface area contributed by atoms with Gasteiger partial charge in [-0.15, -0.1) is 0 Å². The number of imidazole rings is 1. The number of hydrogen-bond donors (Lipinski definition) is 2. The number of nitrogens with one attached hydrogen (secondary N) is 2. The highest BCUT2D eigenvalue weighted by Gasteiger charge is 2.19. The van der Waals surface area contributed by atoms with Crippen LogP contribution in [-0.2, 0) is 7.05 Å². The Balaban J connectivity index is 2.17. The van der Waals surface area contributed by atoms with Gasteiger partial charge in [0.2, 0.25) is 0 Å². The van der Waals surface area contributed by atoms with Gasteiger partial charge in [-0.05, 0) is 36.3 Å². The maximum Gasteiger partial charge on any atom is 0.167 e. The molecule has 1 aromatic carbocycles. The van der Waals surface area contributed by atoms with E-state index in [1.807, 2.05) is 42.1 Å². The van der Waals surface area contributed by atoms with Gasteiger partial charge in [0.15, 0.2) is 5.11 Å². The first kappa shape index (κ1) is 16.8. The highest BCUT2D eigenvalue weighted by molar-refractivity contribution is 7.80. The SMILES string of the molecule is CCCCNC(=S)N[C@@H](c1ccc(Cl)cc1)c1nccn1C. The summed E-state index contributed by atoms with van der Waals surface area (Å²) in [6.07, 6.45) is 5.94. The van der Waals surface area contributed by atoms with E-state index in [4.69, 9.17) is 23.8 Å². The molecular weight excluding hydrogens is 316 g/mol. The standard InChI is InChI=1S/C16H21ClN4S/c1-3-4-9-19-16(22)20-14(15-18-10-11-21(15)2)12-5-7-13(17)8-6-12/h5-8,10-11,14H,3-4,9H2,1-2H3,(H2,19,20,22)/t14-/m0/s1. The number of hydrogen-bond acceptors (Lipinski definition) is 2. The third kappa shape index (κ3) is 4.45. The first-order valence-electron chi connectivity index (χ1n) is 7.39. The van der Waals surface area contributed by atoms with Gasteiger partial charge >= 0.3 is 0 Å². The summed E-state index contributed by atoms with van der Waals surface area (Å²) >= 11 is 11.4. The van der Waals surface area contributed by atoms with E-state index < -0.39 is 0 Å². The third-order valence-corrected chi connectivity index (χ3v) is 3.93. The van der Waals surface area contributed by atoms with Crippen LogP contribution in [0.2, 0.25) is 5.02 Å². The summed E-state index contributed by atoms with van der Waals surface area (Å²) in [7, 11) is 1.97. The fourth-order valence-corrected chi connectivity index (χ4v) is 2.51. The molecule has 118 valence electrons. The van der Waals surface area contributed by atoms with Crippen LogP contribution in [0.25, 0.3) is 0 Å². The molecule has 0 bridgehead atoms. The third-order valence-electron chi connectivity index (χ3n) is 3.41. The van der Waals surface area contributed by atoms with Crippen molar-refractivity contribution in [2.45, 2.75) is 25.8 Å². The average molecular weight is 337 g/mol. The molecule has 1 atom stereocenters. The van der Waals surface area contributed by atoms with Gasteiger partial charge in [-0.3, -0.25) is 0 Å². The minimum Gasteiger partial charge on any atom is -0.363 e. The molecule has 2 rings (SSSR count). The van der Waals surface area contributed by atoms with Crippen LogP contribution >= 0.6 is 23.8 Å². The van der Waals surface area contributed by atoms with Crippen molar-refractivity contribution in [1.29, 1.82) is 0 Å². The maximum atomic E-state index is 5.98. The Labute approximate surface area is 141 Å². The van der Waals surface area contributed by atoms with E-state index in [0.29, 0.717) is 10.1 Å². The van der Waals surface area contributed by atoms with Crippen LogP contribution < -0.4 is 10.6 Å². The molecule has 2 aromatic rings. The van der Waals surface area contributed by atoms with Gasteiger partial charge in [0.1, 0.15) is 11.9 Å². The minimum absolute atomic E-state index is 0.112. The average Bonchev–Trinajstić information content (AvgIpc) is 2.92. The lowest BCUT2D eigenvalue weighted by Gasteiger charge is -2.21. The van der Waals surface area contributed by atoms with E-state index >= 15 is 0 Å². The van der Waals surface area contributed by atoms with Crippen molar-refractivity contribution in [3.8, 4) is 0 Å². The van der Waals surface area contributed by atoms with Crippen molar-refractivity contribution in [1.82, 2.24) is 20.2 Å². The van der Waals surface area contributed by atoms with Crippen molar-refractivity contribution in [3.63, 3.8) is 0 Å². The van der Waals surface area contributed by atoms with Crippen molar-refractivity contribution in [3.05, 3.63) is 53.1 Å². The predicted octanol–water partition coefficient (Wildman–Crippen LogP) is 3.43. The Hall–Kier alpha value is -1.59. The van der Waals surface area contributed by atoms with Crippen LogP contribution in [0.5, 0.6) is 0 Å². The number of aryl methyl sites for hydroxylation is 1. The zero-order chi connectivity index (χ0) is 15.9. The molecule has 4 nitrogen and oxygen atoms in total. The molecule has 0 saturated carbocycles. The molecule has 22 heavy (non-hydrogen) atoms. The number of aromatic nitrogens is 2. The second kappa shape index (κ2) is 8.15. The Morgan fingerprint density at radius 1 is 1.36 bits per heavy atom. The van der Waals surface area contributed by atoms with Crippen LogP contribution in [-0.4, -0.2) is 21.2 Å². The first-order chi connectivity index (χ1) is 10.6. The van der Waals surface area contributed by atoms with Crippen LogP contribution in [0.15, 0.2) is 36.7 Å². The number of thiocarbonyl (C=S) groups is 1. The van der Waals surface area contributed by atoms with Crippen molar-refractivity contribution < 1.29 is 0 Å². The predicted molar refractivity (Wildman–Crippen MR) is 95.1 cm³/mol. The number of benzene rings is 1. The summed E-state index contributed by atoms with van der Waals surface area (Å²) in [6.45, 7) is 3.03. The van der Waals surface area contributed by atoms with Crippen LogP contribution in [0.3, 0.4) is 0 Å². The molecule has 1 aromatic heterocycles. The quantitative estimate of drug-likeness (QED) is 0.626. The molecule has 0 radical (unpaired) electrons. The van der Waals surface area contributed by atoms with Crippen molar-refractivity contribution in [2.24, 2.45) is 7.05 Å². The number of halogens is 1. The topological polar surface area (TPSA) is 41.9 Å². The molecule has 0 aliphatic rings. The molecule has 1 heterocycles. The molecule has 0 amide bonds. The fourth-order valence-electron chi connectivity index (χ4n) is 2.17. The van der Waals surface area contributed by atoms with Crippen molar-refractivity contribution >= 4 is 28.9 Å². The Morgan fingerprint density at radius 2 is 2.09 bits per heavy atom. The van der Waals surface area contributed by atoms with Crippen LogP contribution in [0.4, 0.5) is 0 Å². The van der Waals surface area contributed by atoms with Crippen LogP contribution in [0, 0.1) is 0 Å². The van der Waals surface area contributed by atoms with E-state index in [2.05, 4.69) is 22.5 Å². The van der Waals surface area contributed by atoms with Gasteiger partial charge in [-0.2, -0.15) is 0 Å². The minimum atomic E-state index is -0.112.